The first kappa shape index (κ1) is 6.05. The van der Waals surface area contributed by atoms with Gasteiger partial charge in [0.2, 0.25) is 0 Å². The highest BCUT2D eigenvalue weighted by Gasteiger charge is 2.82. The summed E-state index contributed by atoms with van der Waals surface area (Å²) in [5.74, 6) is 6.86. The van der Waals surface area contributed by atoms with Crippen LogP contribution in [0.1, 0.15) is 6.42 Å². The molecule has 0 aromatic heterocycles. The van der Waals surface area contributed by atoms with Gasteiger partial charge in [-0.1, -0.05) is 0 Å². The molecule has 6 rings (SSSR count). The van der Waals surface area contributed by atoms with Gasteiger partial charge in [-0.05, 0) is 41.9 Å². The maximum absolute atomic E-state index is 11.6. The topological polar surface area (TPSA) is 26.3 Å². The molecule has 8 atom stereocenters. The van der Waals surface area contributed by atoms with Gasteiger partial charge in [-0.15, -0.1) is 0 Å². The lowest BCUT2D eigenvalue weighted by Gasteiger charge is -2.18. The lowest BCUT2D eigenvalue weighted by Crippen LogP contribution is -2.24. The summed E-state index contributed by atoms with van der Waals surface area (Å²) < 4.78 is 5.20. The average Bonchev–Trinajstić information content (AvgIpc) is 2.58. The van der Waals surface area contributed by atoms with Gasteiger partial charge in [-0.3, -0.25) is 4.79 Å². The van der Waals surface area contributed by atoms with Crippen LogP contribution in [0.2, 0.25) is 0 Å². The van der Waals surface area contributed by atoms with Crippen molar-refractivity contribution in [2.45, 2.75) is 6.42 Å². The molecule has 13 heavy (non-hydrogen) atoms. The fraction of sp³-hybridized carbons (Fsp3) is 0.909. The third-order valence-corrected chi connectivity index (χ3v) is 5.77. The van der Waals surface area contributed by atoms with Gasteiger partial charge in [0.25, 0.3) is 0 Å². The van der Waals surface area contributed by atoms with Gasteiger partial charge in [0.15, 0.2) is 0 Å². The summed E-state index contributed by atoms with van der Waals surface area (Å²) in [7, 11) is 0. The third kappa shape index (κ3) is 0.404. The Bertz CT molecular complexity index is 337. The molecule has 6 aliphatic rings. The van der Waals surface area contributed by atoms with Crippen LogP contribution in [0.3, 0.4) is 0 Å². The van der Waals surface area contributed by atoms with E-state index >= 15 is 0 Å². The Morgan fingerprint density at radius 3 is 2.62 bits per heavy atom. The van der Waals surface area contributed by atoms with Crippen LogP contribution in [0.25, 0.3) is 0 Å². The maximum atomic E-state index is 11.6. The number of carbonyl (C=O) groups is 1. The van der Waals surface area contributed by atoms with Crippen LogP contribution in [-0.2, 0) is 9.53 Å². The van der Waals surface area contributed by atoms with Crippen molar-refractivity contribution in [1.82, 2.24) is 0 Å². The van der Waals surface area contributed by atoms with Gasteiger partial charge in [0.05, 0.1) is 12.5 Å². The number of esters is 1. The molecule has 6 bridgehead atoms. The lowest BCUT2D eigenvalue weighted by atomic mass is 9.81. The van der Waals surface area contributed by atoms with Gasteiger partial charge in [0.1, 0.15) is 0 Å². The quantitative estimate of drug-likeness (QED) is 0.513. The van der Waals surface area contributed by atoms with Crippen molar-refractivity contribution >= 4 is 5.97 Å². The van der Waals surface area contributed by atoms with Gasteiger partial charge in [-0.2, -0.15) is 0 Å². The van der Waals surface area contributed by atoms with Crippen molar-refractivity contribution in [3.63, 3.8) is 0 Å². The molecular formula is C11H12O2. The Balaban J connectivity index is 1.73. The number of hydrogen-bond donors (Lipinski definition) is 0. The minimum Gasteiger partial charge on any atom is -0.465 e. The summed E-state index contributed by atoms with van der Waals surface area (Å²) >= 11 is 0. The number of ether oxygens (including phenoxy) is 1. The number of cyclic esters (lactones) is 1. The van der Waals surface area contributed by atoms with Crippen molar-refractivity contribution < 1.29 is 9.53 Å². The van der Waals surface area contributed by atoms with E-state index in [0.29, 0.717) is 11.8 Å². The molecule has 2 heteroatoms. The van der Waals surface area contributed by atoms with Crippen molar-refractivity contribution in [2.24, 2.45) is 47.3 Å². The molecule has 0 amide bonds. The minimum atomic E-state index is 0.147. The normalized spacial score (nSPS) is 74.3. The first-order valence-electron chi connectivity index (χ1n) is 5.54. The maximum Gasteiger partial charge on any atom is 0.309 e. The van der Waals surface area contributed by atoms with Gasteiger partial charge in [0, 0.05) is 5.92 Å². The van der Waals surface area contributed by atoms with Crippen LogP contribution in [0, 0.1) is 47.3 Å². The van der Waals surface area contributed by atoms with E-state index in [0.717, 1.165) is 42.1 Å². The van der Waals surface area contributed by atoms with Crippen molar-refractivity contribution in [3.8, 4) is 0 Å². The number of carbonyl (C=O) groups excluding carboxylic acids is 1. The van der Waals surface area contributed by atoms with E-state index in [-0.39, 0.29) is 5.97 Å². The van der Waals surface area contributed by atoms with Crippen LogP contribution >= 0.6 is 0 Å². The van der Waals surface area contributed by atoms with Crippen LogP contribution in [0.15, 0.2) is 0 Å². The summed E-state index contributed by atoms with van der Waals surface area (Å²) in [5.41, 5.74) is 0. The summed E-state index contributed by atoms with van der Waals surface area (Å²) in [5, 5.41) is 0. The highest BCUT2D eigenvalue weighted by atomic mass is 16.5. The first-order chi connectivity index (χ1) is 6.38. The van der Waals surface area contributed by atoms with Crippen LogP contribution in [0.4, 0.5) is 0 Å². The zero-order valence-corrected chi connectivity index (χ0v) is 7.35. The highest BCUT2D eigenvalue weighted by Crippen LogP contribution is 2.83. The highest BCUT2D eigenvalue weighted by molar-refractivity contribution is 5.77. The lowest BCUT2D eigenvalue weighted by molar-refractivity contribution is -0.142. The molecule has 6 fully saturated rings. The Morgan fingerprint density at radius 1 is 1.00 bits per heavy atom. The zero-order chi connectivity index (χ0) is 8.32. The van der Waals surface area contributed by atoms with E-state index in [1.807, 2.05) is 0 Å². The second kappa shape index (κ2) is 1.45. The molecule has 1 heterocycles. The predicted octanol–water partition coefficient (Wildman–Crippen LogP) is 0.917. The van der Waals surface area contributed by atoms with Crippen LogP contribution in [0.5, 0.6) is 0 Å². The predicted molar refractivity (Wildman–Crippen MR) is 43.5 cm³/mol. The standard InChI is InChI=1S/C11H12O2/c12-11-10-5(2-13-11)6-3-1-4-7(6)8(4)9(3)10/h3-10H,1-2H2. The van der Waals surface area contributed by atoms with Crippen LogP contribution in [-0.4, -0.2) is 12.6 Å². The van der Waals surface area contributed by atoms with E-state index in [4.69, 9.17) is 4.74 Å². The van der Waals surface area contributed by atoms with Gasteiger partial charge < -0.3 is 4.74 Å². The zero-order valence-electron chi connectivity index (χ0n) is 7.35. The Hall–Kier alpha value is -0.530. The summed E-state index contributed by atoms with van der Waals surface area (Å²) in [6.45, 7) is 0.761. The van der Waals surface area contributed by atoms with E-state index in [2.05, 4.69) is 0 Å². The Morgan fingerprint density at radius 2 is 1.77 bits per heavy atom. The Labute approximate surface area is 76.6 Å². The first-order valence-corrected chi connectivity index (χ1v) is 5.54. The van der Waals surface area contributed by atoms with E-state index in [1.165, 1.54) is 6.42 Å². The monoisotopic (exact) mass is 176 g/mol. The molecule has 2 nitrogen and oxygen atoms in total. The molecule has 5 saturated carbocycles. The van der Waals surface area contributed by atoms with Crippen molar-refractivity contribution in [1.29, 1.82) is 0 Å². The average molecular weight is 176 g/mol. The van der Waals surface area contributed by atoms with Crippen molar-refractivity contribution in [3.05, 3.63) is 0 Å². The summed E-state index contributed by atoms with van der Waals surface area (Å²) in [6.07, 6.45) is 1.46. The van der Waals surface area contributed by atoms with E-state index in [1.54, 1.807) is 0 Å². The van der Waals surface area contributed by atoms with Gasteiger partial charge >= 0.3 is 5.97 Å². The third-order valence-electron chi connectivity index (χ3n) is 5.77. The number of rotatable bonds is 0. The Kier molecular flexibility index (Phi) is 0.674. The number of fused-ring (bicyclic) bond motifs is 1. The molecule has 0 aromatic rings. The van der Waals surface area contributed by atoms with E-state index in [9.17, 15) is 4.79 Å². The summed E-state index contributed by atoms with van der Waals surface area (Å²) in [6, 6.07) is 0. The molecule has 1 saturated heterocycles. The molecule has 0 spiro atoms. The molecular weight excluding hydrogens is 164 g/mol. The minimum absolute atomic E-state index is 0.147. The molecule has 0 radical (unpaired) electrons. The number of hydrogen-bond acceptors (Lipinski definition) is 2. The molecule has 0 aromatic carbocycles. The SMILES string of the molecule is O=C1OCC2C1C1C3CC4C(C23)C41. The smallest absolute Gasteiger partial charge is 0.309 e. The van der Waals surface area contributed by atoms with Crippen molar-refractivity contribution in [2.75, 3.05) is 6.61 Å². The molecule has 5 aliphatic carbocycles. The molecule has 8 unspecified atom stereocenters. The summed E-state index contributed by atoms with van der Waals surface area (Å²) in [4.78, 5) is 11.6. The molecule has 0 N–H and O–H groups in total. The molecule has 68 valence electrons. The molecule has 1 aliphatic heterocycles. The second-order valence-electron chi connectivity index (χ2n) is 5.69. The second-order valence-corrected chi connectivity index (χ2v) is 5.69. The van der Waals surface area contributed by atoms with Gasteiger partial charge in [-0.25, -0.2) is 0 Å². The van der Waals surface area contributed by atoms with Crippen LogP contribution < -0.4 is 0 Å². The fourth-order valence-electron chi connectivity index (χ4n) is 5.74. The largest absolute Gasteiger partial charge is 0.465 e. The van der Waals surface area contributed by atoms with E-state index < -0.39 is 0 Å². The fourth-order valence-corrected chi connectivity index (χ4v) is 5.74.